The molecular weight excluding hydrogens is 379 g/mol. The molecule has 0 fully saturated rings. The summed E-state index contributed by atoms with van der Waals surface area (Å²) in [5, 5.41) is 0. The van der Waals surface area contributed by atoms with Crippen molar-refractivity contribution in [1.29, 1.82) is 0 Å². The molecule has 0 saturated heterocycles. The van der Waals surface area contributed by atoms with Crippen LogP contribution in [0.2, 0.25) is 0 Å². The monoisotopic (exact) mass is 410 g/mol. The van der Waals surface area contributed by atoms with Crippen molar-refractivity contribution in [2.75, 3.05) is 0 Å². The molecule has 0 N–H and O–H groups in total. The first-order chi connectivity index (χ1) is 15.2. The number of rotatable bonds is 8. The molecule has 0 aliphatic rings. The van der Waals surface area contributed by atoms with Crippen molar-refractivity contribution in [3.8, 4) is 23.0 Å². The van der Waals surface area contributed by atoms with Gasteiger partial charge in [0.15, 0.2) is 0 Å². The fourth-order valence-electron chi connectivity index (χ4n) is 3.50. The van der Waals surface area contributed by atoms with E-state index in [1.165, 1.54) is 5.56 Å². The van der Waals surface area contributed by atoms with Gasteiger partial charge in [-0.3, -0.25) is 0 Å². The Labute approximate surface area is 186 Å². The van der Waals surface area contributed by atoms with Crippen LogP contribution in [-0.2, 0) is 12.8 Å². The van der Waals surface area contributed by atoms with Crippen molar-refractivity contribution in [3.05, 3.63) is 107 Å². The van der Waals surface area contributed by atoms with E-state index in [2.05, 4.69) is 62.1 Å². The lowest BCUT2D eigenvalue weighted by Crippen LogP contribution is -1.90. The van der Waals surface area contributed by atoms with Crippen LogP contribution < -0.4 is 0 Å². The van der Waals surface area contributed by atoms with Crippen LogP contribution in [0.5, 0.6) is 0 Å². The fraction of sp³-hybridized carbons (Fsp3) is 0.267. The molecule has 31 heavy (non-hydrogen) atoms. The van der Waals surface area contributed by atoms with E-state index in [1.54, 1.807) is 6.07 Å². The van der Waals surface area contributed by atoms with Crippen molar-refractivity contribution >= 4 is 0 Å². The largest absolute Gasteiger partial charge is 0.206 e. The van der Waals surface area contributed by atoms with E-state index in [1.807, 2.05) is 36.4 Å². The van der Waals surface area contributed by atoms with Gasteiger partial charge in [0.05, 0.1) is 0 Å². The van der Waals surface area contributed by atoms with Gasteiger partial charge >= 0.3 is 0 Å². The molecule has 0 nitrogen and oxygen atoms in total. The summed E-state index contributed by atoms with van der Waals surface area (Å²) >= 11 is 0. The maximum atomic E-state index is 14.6. The number of allylic oxidation sites excluding steroid dienone is 2. The summed E-state index contributed by atoms with van der Waals surface area (Å²) in [7, 11) is 0. The zero-order valence-corrected chi connectivity index (χ0v) is 18.6. The number of aryl methyl sites for hydroxylation is 2. The number of hydrogen-bond acceptors (Lipinski definition) is 0. The van der Waals surface area contributed by atoms with Crippen LogP contribution in [0.1, 0.15) is 61.8 Å². The molecule has 1 heteroatoms. The second kappa shape index (κ2) is 11.9. The Balaban J connectivity index is 1.64. The highest BCUT2D eigenvalue weighted by Gasteiger charge is 2.06. The van der Waals surface area contributed by atoms with Crippen LogP contribution in [0.15, 0.2) is 78.9 Å². The highest BCUT2D eigenvalue weighted by molar-refractivity contribution is 5.65. The van der Waals surface area contributed by atoms with Gasteiger partial charge in [-0.15, -0.1) is 0 Å². The Kier molecular flexibility index (Phi) is 8.68. The van der Waals surface area contributed by atoms with Gasteiger partial charge in [0.25, 0.3) is 0 Å². The highest BCUT2D eigenvalue weighted by Crippen LogP contribution is 2.24. The van der Waals surface area contributed by atoms with Crippen LogP contribution in [0.3, 0.4) is 0 Å². The number of halogens is 1. The first-order valence-electron chi connectivity index (χ1n) is 11.3. The molecule has 0 atom stereocenters. The third kappa shape index (κ3) is 6.97. The van der Waals surface area contributed by atoms with E-state index in [0.29, 0.717) is 5.56 Å². The zero-order valence-electron chi connectivity index (χ0n) is 18.6. The molecule has 0 amide bonds. The Hall–Kier alpha value is -3.11. The first-order valence-corrected chi connectivity index (χ1v) is 11.3. The van der Waals surface area contributed by atoms with Crippen LogP contribution in [0.25, 0.3) is 11.1 Å². The van der Waals surface area contributed by atoms with E-state index in [4.69, 9.17) is 0 Å². The maximum Gasteiger partial charge on any atom is 0.131 e. The Morgan fingerprint density at radius 1 is 0.742 bits per heavy atom. The first kappa shape index (κ1) is 22.6. The van der Waals surface area contributed by atoms with Gasteiger partial charge in [-0.25, -0.2) is 4.39 Å². The maximum absolute atomic E-state index is 14.6. The lowest BCUT2D eigenvalue weighted by Gasteiger charge is -2.06. The summed E-state index contributed by atoms with van der Waals surface area (Å²) in [5.74, 6) is 6.28. The highest BCUT2D eigenvalue weighted by atomic mass is 19.1. The zero-order chi connectivity index (χ0) is 21.9. The lowest BCUT2D eigenvalue weighted by molar-refractivity contribution is 0.627. The van der Waals surface area contributed by atoms with Gasteiger partial charge in [-0.2, -0.15) is 0 Å². The smallest absolute Gasteiger partial charge is 0.131 e. The summed E-state index contributed by atoms with van der Waals surface area (Å²) in [6, 6.07) is 21.9. The predicted octanol–water partition coefficient (Wildman–Crippen LogP) is 8.13. The fourth-order valence-corrected chi connectivity index (χ4v) is 3.50. The van der Waals surface area contributed by atoms with Crippen molar-refractivity contribution in [3.63, 3.8) is 0 Å². The van der Waals surface area contributed by atoms with Gasteiger partial charge in [-0.05, 0) is 79.1 Å². The van der Waals surface area contributed by atoms with Crippen molar-refractivity contribution in [1.82, 2.24) is 0 Å². The molecule has 0 spiro atoms. The van der Waals surface area contributed by atoms with Gasteiger partial charge < -0.3 is 0 Å². The molecule has 0 heterocycles. The number of benzene rings is 3. The van der Waals surface area contributed by atoms with Gasteiger partial charge in [0.2, 0.25) is 0 Å². The summed E-state index contributed by atoms with van der Waals surface area (Å²) < 4.78 is 14.6. The second-order valence-corrected chi connectivity index (χ2v) is 7.86. The third-order valence-corrected chi connectivity index (χ3v) is 5.36. The standard InChI is InChI=1S/C30H31F/c1-3-5-7-8-10-24-11-13-25(14-12-24)15-16-26-17-20-28(21-18-26)29-22-19-27(9-6-4-2)23-30(29)31/h5,7,11-14,17-23H,3-4,6,8-10H2,1-2H3/b7-5+. The predicted molar refractivity (Wildman–Crippen MR) is 131 cm³/mol. The summed E-state index contributed by atoms with van der Waals surface area (Å²) in [6.07, 6.45) is 10.8. The van der Waals surface area contributed by atoms with E-state index < -0.39 is 0 Å². The molecule has 0 radical (unpaired) electrons. The normalized spacial score (nSPS) is 10.8. The van der Waals surface area contributed by atoms with Crippen LogP contribution in [0.4, 0.5) is 4.39 Å². The molecule has 3 aromatic rings. The molecule has 0 aliphatic carbocycles. The number of hydrogen-bond donors (Lipinski definition) is 0. The van der Waals surface area contributed by atoms with Gasteiger partial charge in [0, 0.05) is 16.7 Å². The molecule has 3 rings (SSSR count). The molecule has 0 bridgehead atoms. The molecule has 0 aromatic heterocycles. The summed E-state index contributed by atoms with van der Waals surface area (Å²) in [5.41, 5.74) is 5.85. The minimum atomic E-state index is -0.155. The molecule has 158 valence electrons. The Morgan fingerprint density at radius 2 is 1.39 bits per heavy atom. The Morgan fingerprint density at radius 3 is 2.00 bits per heavy atom. The minimum absolute atomic E-state index is 0.155. The van der Waals surface area contributed by atoms with Crippen molar-refractivity contribution < 1.29 is 4.39 Å². The van der Waals surface area contributed by atoms with Crippen LogP contribution in [-0.4, -0.2) is 0 Å². The SMILES string of the molecule is CC/C=C/CCc1ccc(C#Cc2ccc(-c3ccc(CCCC)cc3F)cc2)cc1. The minimum Gasteiger partial charge on any atom is -0.206 e. The van der Waals surface area contributed by atoms with Crippen LogP contribution in [0, 0.1) is 17.7 Å². The quantitative estimate of drug-likeness (QED) is 0.260. The third-order valence-electron chi connectivity index (χ3n) is 5.36. The van der Waals surface area contributed by atoms with Gasteiger partial charge in [0.1, 0.15) is 5.82 Å². The molecule has 0 aliphatic heterocycles. The average Bonchev–Trinajstić information content (AvgIpc) is 2.80. The van der Waals surface area contributed by atoms with E-state index in [-0.39, 0.29) is 5.82 Å². The molecule has 3 aromatic carbocycles. The number of unbranched alkanes of at least 4 members (excludes halogenated alkanes) is 1. The topological polar surface area (TPSA) is 0 Å². The van der Waals surface area contributed by atoms with Gasteiger partial charge in [-0.1, -0.05) is 80.7 Å². The average molecular weight is 411 g/mol. The van der Waals surface area contributed by atoms with Crippen molar-refractivity contribution in [2.45, 2.75) is 52.4 Å². The van der Waals surface area contributed by atoms with Crippen LogP contribution >= 0.6 is 0 Å². The molecule has 0 unspecified atom stereocenters. The van der Waals surface area contributed by atoms with Crippen molar-refractivity contribution in [2.24, 2.45) is 0 Å². The van der Waals surface area contributed by atoms with E-state index in [9.17, 15) is 4.39 Å². The second-order valence-electron chi connectivity index (χ2n) is 7.86. The molecular formula is C30H31F. The Bertz CT molecular complexity index is 1040. The lowest BCUT2D eigenvalue weighted by atomic mass is 10.00. The molecule has 0 saturated carbocycles. The summed E-state index contributed by atoms with van der Waals surface area (Å²) in [4.78, 5) is 0. The van der Waals surface area contributed by atoms with E-state index in [0.717, 1.165) is 60.8 Å². The summed E-state index contributed by atoms with van der Waals surface area (Å²) in [6.45, 7) is 4.30. The van der Waals surface area contributed by atoms with E-state index >= 15 is 0 Å².